The quantitative estimate of drug-likeness (QED) is 0.617. The van der Waals surface area contributed by atoms with E-state index in [1.165, 1.54) is 6.92 Å². The maximum absolute atomic E-state index is 11.8. The maximum Gasteiger partial charge on any atom is 0.356 e. The highest BCUT2D eigenvalue weighted by Crippen LogP contribution is 2.49. The van der Waals surface area contributed by atoms with Gasteiger partial charge in [-0.2, -0.15) is 5.10 Å². The van der Waals surface area contributed by atoms with Crippen LogP contribution in [0.3, 0.4) is 0 Å². The summed E-state index contributed by atoms with van der Waals surface area (Å²) >= 11 is 1.59. The Morgan fingerprint density at radius 3 is 2.90 bits per heavy atom. The summed E-state index contributed by atoms with van der Waals surface area (Å²) in [5, 5.41) is 8.31. The van der Waals surface area contributed by atoms with Crippen LogP contribution >= 0.6 is 11.8 Å². The topological polar surface area (TPSA) is 59.0 Å². The van der Waals surface area contributed by atoms with Gasteiger partial charge in [0.2, 0.25) is 0 Å². The van der Waals surface area contributed by atoms with E-state index >= 15 is 0 Å². The van der Waals surface area contributed by atoms with Gasteiger partial charge in [0.05, 0.1) is 11.7 Å². The Morgan fingerprint density at radius 1 is 1.43 bits per heavy atom. The molecule has 0 amide bonds. The molecule has 1 spiro atoms. The van der Waals surface area contributed by atoms with Crippen LogP contribution in [0.4, 0.5) is 5.69 Å². The lowest BCUT2D eigenvalue weighted by Gasteiger charge is -2.27. The predicted octanol–water partition coefficient (Wildman–Crippen LogP) is 1.99. The molecule has 21 heavy (non-hydrogen) atoms. The Bertz CT molecular complexity index is 710. The highest BCUT2D eigenvalue weighted by Gasteiger charge is 2.60. The van der Waals surface area contributed by atoms with E-state index in [0.29, 0.717) is 17.9 Å². The number of rotatable bonds is 2. The van der Waals surface area contributed by atoms with Crippen molar-refractivity contribution in [1.29, 1.82) is 0 Å². The number of esters is 1. The third-order valence-electron chi connectivity index (χ3n) is 4.04. The summed E-state index contributed by atoms with van der Waals surface area (Å²) in [6.45, 7) is 1.89. The van der Waals surface area contributed by atoms with E-state index in [1.807, 2.05) is 28.6 Å². The van der Waals surface area contributed by atoms with Crippen molar-refractivity contribution in [2.75, 3.05) is 11.6 Å². The normalized spacial score (nSPS) is 29.2. The molecule has 1 saturated heterocycles. The van der Waals surface area contributed by atoms with E-state index in [2.05, 4.69) is 5.10 Å². The lowest BCUT2D eigenvalue weighted by Crippen LogP contribution is -2.44. The molecule has 0 bridgehead atoms. The number of carbonyl (C=O) groups excluding carboxylic acids is 2. The minimum atomic E-state index is -0.406. The average Bonchev–Trinajstić information content (AvgIpc) is 3.10. The molecular weight excluding hydrogens is 288 g/mol. The van der Waals surface area contributed by atoms with Crippen LogP contribution in [0.1, 0.15) is 17.3 Å². The number of hydrogen-bond acceptors (Lipinski definition) is 6. The second kappa shape index (κ2) is 4.21. The summed E-state index contributed by atoms with van der Waals surface area (Å²) in [6, 6.07) is 7.26. The molecule has 3 aliphatic rings. The first-order chi connectivity index (χ1) is 10.1. The van der Waals surface area contributed by atoms with Gasteiger partial charge in [-0.05, 0) is 36.6 Å². The van der Waals surface area contributed by atoms with Gasteiger partial charge in [-0.1, -0.05) is 6.08 Å². The van der Waals surface area contributed by atoms with Crippen molar-refractivity contribution in [2.45, 2.75) is 17.7 Å². The Hall–Kier alpha value is -2.08. The molecule has 3 heterocycles. The summed E-state index contributed by atoms with van der Waals surface area (Å²) < 4.78 is 4.75. The van der Waals surface area contributed by atoms with E-state index in [-0.39, 0.29) is 17.8 Å². The first-order valence-corrected chi connectivity index (χ1v) is 7.51. The second-order valence-electron chi connectivity index (χ2n) is 5.25. The Labute approximate surface area is 125 Å². The minimum absolute atomic E-state index is 0.0212. The van der Waals surface area contributed by atoms with Crippen molar-refractivity contribution in [1.82, 2.24) is 0 Å². The first kappa shape index (κ1) is 12.6. The van der Waals surface area contributed by atoms with Crippen molar-refractivity contribution in [3.63, 3.8) is 0 Å². The molecule has 1 aromatic rings. The van der Waals surface area contributed by atoms with Gasteiger partial charge in [-0.15, -0.1) is 11.8 Å². The highest BCUT2D eigenvalue weighted by molar-refractivity contribution is 8.04. The third-order valence-corrected chi connectivity index (χ3v) is 5.30. The zero-order valence-corrected chi connectivity index (χ0v) is 12.1. The van der Waals surface area contributed by atoms with Gasteiger partial charge in [-0.25, -0.2) is 4.79 Å². The summed E-state index contributed by atoms with van der Waals surface area (Å²) in [4.78, 5) is 23.2. The molecule has 0 N–H and O–H groups in total. The van der Waals surface area contributed by atoms with Crippen LogP contribution in [0.5, 0.6) is 0 Å². The number of ether oxygens (including phenoxy) is 1. The van der Waals surface area contributed by atoms with Gasteiger partial charge < -0.3 is 4.74 Å². The van der Waals surface area contributed by atoms with Gasteiger partial charge in [0.25, 0.3) is 0 Å². The van der Waals surface area contributed by atoms with E-state index in [9.17, 15) is 9.59 Å². The molecule has 2 atom stereocenters. The molecule has 0 unspecified atom stereocenters. The third kappa shape index (κ3) is 1.62. The predicted molar refractivity (Wildman–Crippen MR) is 80.6 cm³/mol. The molecule has 5 nitrogen and oxygen atoms in total. The Kier molecular flexibility index (Phi) is 2.53. The van der Waals surface area contributed by atoms with E-state index in [0.717, 1.165) is 5.69 Å². The van der Waals surface area contributed by atoms with Gasteiger partial charge in [0.15, 0.2) is 11.5 Å². The maximum atomic E-state index is 11.8. The minimum Gasteiger partial charge on any atom is -0.459 e. The van der Waals surface area contributed by atoms with Gasteiger partial charge in [0.1, 0.15) is 11.4 Å². The zero-order chi connectivity index (χ0) is 14.6. The van der Waals surface area contributed by atoms with Crippen LogP contribution in [-0.2, 0) is 9.53 Å². The summed E-state index contributed by atoms with van der Waals surface area (Å²) in [5.74, 6) is -0.304. The summed E-state index contributed by atoms with van der Waals surface area (Å²) in [6.07, 6.45) is 2.04. The van der Waals surface area contributed by atoms with Crippen molar-refractivity contribution < 1.29 is 14.3 Å². The second-order valence-corrected chi connectivity index (χ2v) is 6.49. The number of Topliss-reactive ketones (excluding diaryl/α,β-unsaturated/α-hetero) is 1. The molecule has 4 rings (SSSR count). The van der Waals surface area contributed by atoms with Gasteiger partial charge >= 0.3 is 5.97 Å². The number of thioether (sulfide) groups is 1. The van der Waals surface area contributed by atoms with Crippen molar-refractivity contribution >= 4 is 34.9 Å². The van der Waals surface area contributed by atoms with Crippen LogP contribution in [0, 0.1) is 0 Å². The Morgan fingerprint density at radius 2 is 2.19 bits per heavy atom. The average molecular weight is 300 g/mol. The van der Waals surface area contributed by atoms with Crippen LogP contribution in [-0.4, -0.2) is 34.9 Å². The standard InChI is InChI=1S/C15H12N2O3S/c1-9(18)10-2-4-11(5-3-10)17-12-6-7-21-15(12)8-20-14(19)13(15)16-17/h2-7,12H,8H2,1H3/t12-,15+/m1/s1. The molecule has 0 radical (unpaired) electrons. The first-order valence-electron chi connectivity index (χ1n) is 6.63. The van der Waals surface area contributed by atoms with E-state index in [1.54, 1.807) is 23.9 Å². The van der Waals surface area contributed by atoms with Crippen molar-refractivity contribution in [2.24, 2.45) is 5.10 Å². The molecule has 6 heteroatoms. The van der Waals surface area contributed by atoms with Crippen LogP contribution < -0.4 is 5.01 Å². The van der Waals surface area contributed by atoms with Gasteiger partial charge in [0, 0.05) is 5.56 Å². The lowest BCUT2D eigenvalue weighted by molar-refractivity contribution is -0.133. The van der Waals surface area contributed by atoms with E-state index in [4.69, 9.17) is 4.74 Å². The fraction of sp³-hybridized carbons (Fsp3) is 0.267. The monoisotopic (exact) mass is 300 g/mol. The summed E-state index contributed by atoms with van der Waals surface area (Å²) in [5.41, 5.74) is 2.01. The highest BCUT2D eigenvalue weighted by atomic mass is 32.2. The molecular formula is C15H12N2O3S. The Balaban J connectivity index is 1.74. The molecule has 1 aromatic carbocycles. The van der Waals surface area contributed by atoms with Crippen LogP contribution in [0.15, 0.2) is 40.9 Å². The van der Waals surface area contributed by atoms with E-state index < -0.39 is 4.75 Å². The smallest absolute Gasteiger partial charge is 0.356 e. The van der Waals surface area contributed by atoms with Crippen LogP contribution in [0.2, 0.25) is 0 Å². The number of anilines is 1. The van der Waals surface area contributed by atoms with Crippen molar-refractivity contribution in [3.8, 4) is 0 Å². The fourth-order valence-electron chi connectivity index (χ4n) is 2.90. The largest absolute Gasteiger partial charge is 0.459 e. The molecule has 0 aromatic heterocycles. The van der Waals surface area contributed by atoms with Crippen LogP contribution in [0.25, 0.3) is 0 Å². The number of hydrazone groups is 1. The lowest BCUT2D eigenvalue weighted by atomic mass is 9.97. The number of hydrogen-bond donors (Lipinski definition) is 0. The number of benzene rings is 1. The molecule has 1 fully saturated rings. The number of ketones is 1. The van der Waals surface area contributed by atoms with Gasteiger partial charge in [-0.3, -0.25) is 9.80 Å². The zero-order valence-electron chi connectivity index (χ0n) is 11.3. The summed E-state index contributed by atoms with van der Waals surface area (Å²) in [7, 11) is 0. The fourth-order valence-corrected chi connectivity index (χ4v) is 4.05. The number of carbonyl (C=O) groups is 2. The number of cyclic esters (lactones) is 1. The number of nitrogens with zero attached hydrogens (tertiary/aromatic N) is 2. The molecule has 106 valence electrons. The molecule has 0 aliphatic carbocycles. The van der Waals surface area contributed by atoms with Crippen molar-refractivity contribution in [3.05, 3.63) is 41.3 Å². The molecule has 0 saturated carbocycles. The SMILES string of the molecule is CC(=O)c1ccc(N2N=C3C(=O)OC[C@@]34SC=C[C@@H]24)cc1. The molecule has 3 aliphatic heterocycles.